The first kappa shape index (κ1) is 13.2. The molecule has 0 N–H and O–H groups in total. The van der Waals surface area contributed by atoms with Gasteiger partial charge in [0.2, 0.25) is 0 Å². The van der Waals surface area contributed by atoms with E-state index in [1.165, 1.54) is 0 Å². The summed E-state index contributed by atoms with van der Waals surface area (Å²) in [5.41, 5.74) is 2.34. The Bertz CT molecular complexity index is 445. The molecular formula is C13H18N4. The van der Waals surface area contributed by atoms with E-state index in [-0.39, 0.29) is 0 Å². The Morgan fingerprint density at radius 3 is 2.71 bits per heavy atom. The Labute approximate surface area is 103 Å². The van der Waals surface area contributed by atoms with Gasteiger partial charge in [-0.25, -0.2) is 0 Å². The predicted octanol–water partition coefficient (Wildman–Crippen LogP) is 2.37. The largest absolute Gasteiger partial charge is 0.357 e. The molecule has 0 saturated heterocycles. The van der Waals surface area contributed by atoms with Crippen molar-refractivity contribution in [3.8, 4) is 6.07 Å². The van der Waals surface area contributed by atoms with Gasteiger partial charge >= 0.3 is 0 Å². The van der Waals surface area contributed by atoms with E-state index >= 15 is 0 Å². The molecule has 1 heterocycles. The molecule has 0 fully saturated rings. The van der Waals surface area contributed by atoms with Crippen LogP contribution in [0.2, 0.25) is 0 Å². The summed E-state index contributed by atoms with van der Waals surface area (Å²) in [5.74, 6) is 0.666. The standard InChI is InChI=1S/C13H18N4/c1-5-6-7-8-17(4)13-12(9-14)10(2)11(3)15-16-13/h5H,1,6-8H2,2-4H3. The number of unbranched alkanes of at least 4 members (excludes halogenated alkanes) is 1. The van der Waals surface area contributed by atoms with Crippen LogP contribution in [0.3, 0.4) is 0 Å². The van der Waals surface area contributed by atoms with Crippen LogP contribution in [0, 0.1) is 25.2 Å². The Balaban J connectivity index is 2.94. The third-order valence-corrected chi connectivity index (χ3v) is 2.81. The van der Waals surface area contributed by atoms with Crippen LogP contribution in [-0.4, -0.2) is 23.8 Å². The van der Waals surface area contributed by atoms with Gasteiger partial charge < -0.3 is 4.90 Å². The third kappa shape index (κ3) is 3.04. The summed E-state index contributed by atoms with van der Waals surface area (Å²) in [6, 6.07) is 2.21. The quantitative estimate of drug-likeness (QED) is 0.575. The van der Waals surface area contributed by atoms with Crippen molar-refractivity contribution in [3.05, 3.63) is 29.5 Å². The number of anilines is 1. The molecule has 1 rings (SSSR count). The monoisotopic (exact) mass is 230 g/mol. The third-order valence-electron chi connectivity index (χ3n) is 2.81. The van der Waals surface area contributed by atoms with Crippen LogP contribution in [0.4, 0.5) is 5.82 Å². The zero-order valence-electron chi connectivity index (χ0n) is 10.7. The minimum absolute atomic E-state index is 0.624. The predicted molar refractivity (Wildman–Crippen MR) is 68.9 cm³/mol. The Hall–Kier alpha value is -1.89. The first-order valence-electron chi connectivity index (χ1n) is 5.67. The fraction of sp³-hybridized carbons (Fsp3) is 0.462. The lowest BCUT2D eigenvalue weighted by molar-refractivity contribution is 0.776. The maximum Gasteiger partial charge on any atom is 0.169 e. The SMILES string of the molecule is C=CCCCN(C)c1nnc(C)c(C)c1C#N. The van der Waals surface area contributed by atoms with Gasteiger partial charge in [0, 0.05) is 13.6 Å². The molecular weight excluding hydrogens is 212 g/mol. The van der Waals surface area contributed by atoms with Gasteiger partial charge in [-0.15, -0.1) is 11.7 Å². The summed E-state index contributed by atoms with van der Waals surface area (Å²) in [6.45, 7) is 8.31. The average Bonchev–Trinajstić information content (AvgIpc) is 2.32. The van der Waals surface area contributed by atoms with Crippen LogP contribution in [-0.2, 0) is 0 Å². The molecule has 1 aromatic heterocycles. The summed E-state index contributed by atoms with van der Waals surface area (Å²) in [7, 11) is 1.93. The zero-order chi connectivity index (χ0) is 12.8. The summed E-state index contributed by atoms with van der Waals surface area (Å²) >= 11 is 0. The van der Waals surface area contributed by atoms with Gasteiger partial charge in [0.15, 0.2) is 5.82 Å². The van der Waals surface area contributed by atoms with E-state index in [1.54, 1.807) is 0 Å². The summed E-state index contributed by atoms with van der Waals surface area (Å²) in [4.78, 5) is 1.97. The zero-order valence-corrected chi connectivity index (χ0v) is 10.7. The molecule has 17 heavy (non-hydrogen) atoms. The van der Waals surface area contributed by atoms with E-state index in [0.29, 0.717) is 11.4 Å². The van der Waals surface area contributed by atoms with Gasteiger partial charge in [0.1, 0.15) is 11.6 Å². The van der Waals surface area contributed by atoms with Crippen LogP contribution >= 0.6 is 0 Å². The van der Waals surface area contributed by atoms with Crippen LogP contribution < -0.4 is 4.90 Å². The topological polar surface area (TPSA) is 52.8 Å². The first-order valence-corrected chi connectivity index (χ1v) is 5.67. The first-order chi connectivity index (χ1) is 8.11. The fourth-order valence-corrected chi connectivity index (χ4v) is 1.58. The molecule has 4 nitrogen and oxygen atoms in total. The second-order valence-corrected chi connectivity index (χ2v) is 4.07. The van der Waals surface area contributed by atoms with Crippen LogP contribution in [0.15, 0.2) is 12.7 Å². The van der Waals surface area contributed by atoms with Crippen molar-refractivity contribution in [2.24, 2.45) is 0 Å². The summed E-state index contributed by atoms with van der Waals surface area (Å²) < 4.78 is 0. The van der Waals surface area contributed by atoms with Gasteiger partial charge in [-0.3, -0.25) is 0 Å². The highest BCUT2D eigenvalue weighted by Gasteiger charge is 2.13. The van der Waals surface area contributed by atoms with Gasteiger partial charge in [-0.05, 0) is 32.3 Å². The molecule has 0 aliphatic carbocycles. The van der Waals surface area contributed by atoms with E-state index < -0.39 is 0 Å². The Morgan fingerprint density at radius 2 is 2.12 bits per heavy atom. The lowest BCUT2D eigenvalue weighted by Gasteiger charge is -2.19. The number of hydrogen-bond donors (Lipinski definition) is 0. The Morgan fingerprint density at radius 1 is 1.41 bits per heavy atom. The normalized spacial score (nSPS) is 9.76. The molecule has 0 unspecified atom stereocenters. The summed E-state index contributed by atoms with van der Waals surface area (Å²) in [6.07, 6.45) is 3.86. The minimum atomic E-state index is 0.624. The van der Waals surface area contributed by atoms with Crippen LogP contribution in [0.5, 0.6) is 0 Å². The molecule has 0 bridgehead atoms. The Kier molecular flexibility index (Phi) is 4.65. The number of rotatable bonds is 5. The van der Waals surface area contributed by atoms with Crippen LogP contribution in [0.25, 0.3) is 0 Å². The minimum Gasteiger partial charge on any atom is -0.357 e. The molecule has 0 aromatic carbocycles. The van der Waals surface area contributed by atoms with E-state index in [0.717, 1.165) is 30.6 Å². The van der Waals surface area contributed by atoms with Crippen molar-refractivity contribution in [1.82, 2.24) is 10.2 Å². The second-order valence-electron chi connectivity index (χ2n) is 4.07. The lowest BCUT2D eigenvalue weighted by Crippen LogP contribution is -2.22. The highest BCUT2D eigenvalue weighted by molar-refractivity contribution is 5.56. The number of nitriles is 1. The van der Waals surface area contributed by atoms with Crippen molar-refractivity contribution in [2.45, 2.75) is 26.7 Å². The van der Waals surface area contributed by atoms with Gasteiger partial charge in [-0.2, -0.15) is 10.4 Å². The molecule has 1 aromatic rings. The van der Waals surface area contributed by atoms with Crippen molar-refractivity contribution in [2.75, 3.05) is 18.5 Å². The molecule has 0 amide bonds. The number of hydrogen-bond acceptors (Lipinski definition) is 4. The molecule has 0 radical (unpaired) electrons. The van der Waals surface area contributed by atoms with E-state index in [4.69, 9.17) is 0 Å². The molecule has 90 valence electrons. The second kappa shape index (κ2) is 6.00. The van der Waals surface area contributed by atoms with Crippen molar-refractivity contribution in [3.63, 3.8) is 0 Å². The van der Waals surface area contributed by atoms with E-state index in [9.17, 15) is 5.26 Å². The molecule has 0 aliphatic rings. The van der Waals surface area contributed by atoms with Gasteiger partial charge in [-0.1, -0.05) is 6.08 Å². The molecule has 0 aliphatic heterocycles. The molecule has 4 heteroatoms. The highest BCUT2D eigenvalue weighted by atomic mass is 15.2. The van der Waals surface area contributed by atoms with Crippen molar-refractivity contribution in [1.29, 1.82) is 5.26 Å². The van der Waals surface area contributed by atoms with Crippen molar-refractivity contribution < 1.29 is 0 Å². The average molecular weight is 230 g/mol. The van der Waals surface area contributed by atoms with Gasteiger partial charge in [0.05, 0.1) is 5.69 Å². The number of aryl methyl sites for hydroxylation is 1. The maximum atomic E-state index is 9.18. The molecule has 0 atom stereocenters. The highest BCUT2D eigenvalue weighted by Crippen LogP contribution is 2.20. The van der Waals surface area contributed by atoms with E-state index in [2.05, 4.69) is 22.8 Å². The smallest absolute Gasteiger partial charge is 0.169 e. The maximum absolute atomic E-state index is 9.18. The van der Waals surface area contributed by atoms with Gasteiger partial charge in [0.25, 0.3) is 0 Å². The lowest BCUT2D eigenvalue weighted by atomic mass is 10.1. The van der Waals surface area contributed by atoms with Crippen molar-refractivity contribution >= 4 is 5.82 Å². The number of nitrogens with zero attached hydrogens (tertiary/aromatic N) is 4. The number of aromatic nitrogens is 2. The summed E-state index contributed by atoms with van der Waals surface area (Å²) in [5, 5.41) is 17.4. The molecule has 0 saturated carbocycles. The van der Waals surface area contributed by atoms with E-state index in [1.807, 2.05) is 31.9 Å². The van der Waals surface area contributed by atoms with Crippen LogP contribution in [0.1, 0.15) is 29.7 Å². The fourth-order valence-electron chi connectivity index (χ4n) is 1.58. The number of allylic oxidation sites excluding steroid dienone is 1. The molecule has 0 spiro atoms.